The number of imidazole rings is 1. The summed E-state index contributed by atoms with van der Waals surface area (Å²) in [6.07, 6.45) is 4.39. The summed E-state index contributed by atoms with van der Waals surface area (Å²) in [5.41, 5.74) is 13.6. The lowest BCUT2D eigenvalue weighted by molar-refractivity contribution is 0.312. The minimum Gasteiger partial charge on any atom is -0.398 e. The number of nitrogen functional groups attached to an aromatic ring is 1. The number of aromatic amines is 1. The fourth-order valence-corrected chi connectivity index (χ4v) is 5.49. The van der Waals surface area contributed by atoms with Gasteiger partial charge in [0.1, 0.15) is 23.0 Å². The highest BCUT2D eigenvalue weighted by molar-refractivity contribution is 6.12. The molecule has 0 spiro atoms. The SMILES string of the molecule is C=C(c1cnc(N2CCN(C)CC2)cn1)N1Cc2nc(C(=N)c3ccc(-c4cc(F)ccc4CC)cc3N)[nH]c2C1. The Morgan fingerprint density at radius 2 is 1.88 bits per heavy atom. The molecule has 4 aromatic rings. The van der Waals surface area contributed by atoms with Crippen LogP contribution < -0.4 is 10.6 Å². The van der Waals surface area contributed by atoms with Crippen molar-refractivity contribution in [2.75, 3.05) is 43.9 Å². The van der Waals surface area contributed by atoms with Crippen molar-refractivity contribution < 1.29 is 4.39 Å². The minimum absolute atomic E-state index is 0.217. The summed E-state index contributed by atoms with van der Waals surface area (Å²) in [7, 11) is 2.13. The number of nitrogens with two attached hydrogens (primary N) is 1. The molecule has 0 saturated carbocycles. The molecule has 0 amide bonds. The van der Waals surface area contributed by atoms with E-state index < -0.39 is 0 Å². The van der Waals surface area contributed by atoms with Crippen molar-refractivity contribution in [3.8, 4) is 11.1 Å². The number of benzene rings is 2. The highest BCUT2D eigenvalue weighted by Gasteiger charge is 2.27. The molecule has 41 heavy (non-hydrogen) atoms. The van der Waals surface area contributed by atoms with E-state index in [4.69, 9.17) is 16.1 Å². The zero-order chi connectivity index (χ0) is 28.7. The number of nitrogens with one attached hydrogen (secondary N) is 2. The van der Waals surface area contributed by atoms with Crippen LogP contribution in [0.5, 0.6) is 0 Å². The average molecular weight is 552 g/mol. The second-order valence-electron chi connectivity index (χ2n) is 10.7. The highest BCUT2D eigenvalue weighted by Crippen LogP contribution is 2.31. The molecule has 1 fully saturated rings. The predicted molar refractivity (Wildman–Crippen MR) is 160 cm³/mol. The number of aryl methyl sites for hydroxylation is 1. The van der Waals surface area contributed by atoms with Gasteiger partial charge in [-0.05, 0) is 48.4 Å². The second-order valence-corrected chi connectivity index (χ2v) is 10.7. The van der Waals surface area contributed by atoms with Crippen molar-refractivity contribution in [3.05, 3.63) is 95.2 Å². The molecule has 9 nitrogen and oxygen atoms in total. The zero-order valence-corrected chi connectivity index (χ0v) is 23.4. The van der Waals surface area contributed by atoms with Gasteiger partial charge in [-0.1, -0.05) is 31.7 Å². The molecule has 4 N–H and O–H groups in total. The number of piperazine rings is 1. The third-order valence-corrected chi connectivity index (χ3v) is 8.02. The molecule has 0 unspecified atom stereocenters. The number of hydrogen-bond acceptors (Lipinski definition) is 8. The van der Waals surface area contributed by atoms with Crippen molar-refractivity contribution >= 4 is 22.9 Å². The van der Waals surface area contributed by atoms with E-state index in [0.717, 1.165) is 77.9 Å². The molecule has 0 bridgehead atoms. The normalized spacial score (nSPS) is 15.3. The van der Waals surface area contributed by atoms with E-state index >= 15 is 0 Å². The van der Waals surface area contributed by atoms with Gasteiger partial charge in [-0.15, -0.1) is 0 Å². The zero-order valence-electron chi connectivity index (χ0n) is 23.4. The van der Waals surface area contributed by atoms with Crippen molar-refractivity contribution in [3.63, 3.8) is 0 Å². The molecule has 4 heterocycles. The molecule has 0 radical (unpaired) electrons. The standard InChI is InChI=1S/C31H34FN9/c1-4-20-5-7-22(32)14-24(20)21-6-8-23(25(33)13-21)30(34)31-37-27-17-41(18-28(27)38-31)19(2)26-15-36-29(16-35-26)40-11-9-39(3)10-12-40/h5-8,13-16,34H,2,4,9-12,17-18,33H2,1,3H3,(H,37,38). The Balaban J connectivity index is 1.13. The van der Waals surface area contributed by atoms with E-state index in [0.29, 0.717) is 30.2 Å². The molecule has 2 aliphatic rings. The number of H-pyrrole nitrogens is 1. The summed E-state index contributed by atoms with van der Waals surface area (Å²) in [5, 5.41) is 8.80. The summed E-state index contributed by atoms with van der Waals surface area (Å²) in [5.74, 6) is 1.07. The lowest BCUT2D eigenvalue weighted by Gasteiger charge is -2.33. The predicted octanol–water partition coefficient (Wildman–Crippen LogP) is 4.30. The third kappa shape index (κ3) is 5.18. The first-order valence-electron chi connectivity index (χ1n) is 13.9. The van der Waals surface area contributed by atoms with Gasteiger partial charge >= 0.3 is 0 Å². The monoisotopic (exact) mass is 551 g/mol. The molecular formula is C31H34FN9. The first-order valence-corrected chi connectivity index (χ1v) is 13.9. The molecule has 2 aliphatic heterocycles. The molecule has 6 rings (SSSR count). The maximum Gasteiger partial charge on any atom is 0.156 e. The molecular weight excluding hydrogens is 517 g/mol. The van der Waals surface area contributed by atoms with Gasteiger partial charge in [0.05, 0.1) is 42.6 Å². The van der Waals surface area contributed by atoms with Crippen LogP contribution in [0.15, 0.2) is 55.4 Å². The van der Waals surface area contributed by atoms with Gasteiger partial charge in [-0.2, -0.15) is 0 Å². The van der Waals surface area contributed by atoms with Crippen LogP contribution in [0.3, 0.4) is 0 Å². The van der Waals surface area contributed by atoms with E-state index in [2.05, 4.69) is 43.3 Å². The smallest absolute Gasteiger partial charge is 0.156 e. The second kappa shape index (κ2) is 10.8. The molecule has 10 heteroatoms. The van der Waals surface area contributed by atoms with Crippen LogP contribution in [0.2, 0.25) is 0 Å². The van der Waals surface area contributed by atoms with Gasteiger partial charge in [0.15, 0.2) is 5.82 Å². The Bertz CT molecular complexity index is 1590. The van der Waals surface area contributed by atoms with E-state index in [9.17, 15) is 4.39 Å². The summed E-state index contributed by atoms with van der Waals surface area (Å²) >= 11 is 0. The first kappa shape index (κ1) is 26.6. The summed E-state index contributed by atoms with van der Waals surface area (Å²) < 4.78 is 14.0. The molecule has 2 aromatic heterocycles. The average Bonchev–Trinajstić information content (AvgIpc) is 3.57. The molecule has 2 aromatic carbocycles. The Labute approximate surface area is 239 Å². The number of fused-ring (bicyclic) bond motifs is 1. The van der Waals surface area contributed by atoms with Gasteiger partial charge < -0.3 is 25.4 Å². The fourth-order valence-electron chi connectivity index (χ4n) is 5.49. The fraction of sp³-hybridized carbons (Fsp3) is 0.290. The molecule has 210 valence electrons. The van der Waals surface area contributed by atoms with Crippen molar-refractivity contribution in [1.29, 1.82) is 5.41 Å². The lowest BCUT2D eigenvalue weighted by Crippen LogP contribution is -2.44. The van der Waals surface area contributed by atoms with Gasteiger partial charge in [0, 0.05) is 37.4 Å². The number of rotatable bonds is 7. The quantitative estimate of drug-likeness (QED) is 0.232. The maximum absolute atomic E-state index is 14.0. The van der Waals surface area contributed by atoms with Gasteiger partial charge in [-0.25, -0.2) is 19.3 Å². The van der Waals surface area contributed by atoms with Crippen molar-refractivity contribution in [2.45, 2.75) is 26.4 Å². The van der Waals surface area contributed by atoms with Gasteiger partial charge in [0.2, 0.25) is 0 Å². The lowest BCUT2D eigenvalue weighted by atomic mass is 9.95. The van der Waals surface area contributed by atoms with E-state index in [1.807, 2.05) is 25.3 Å². The summed E-state index contributed by atoms with van der Waals surface area (Å²) in [6.45, 7) is 11.4. The van der Waals surface area contributed by atoms with Gasteiger partial charge in [-0.3, -0.25) is 5.41 Å². The summed E-state index contributed by atoms with van der Waals surface area (Å²) in [6, 6.07) is 10.3. The van der Waals surface area contributed by atoms with Crippen LogP contribution in [0.1, 0.15) is 41.0 Å². The van der Waals surface area contributed by atoms with E-state index in [-0.39, 0.29) is 11.5 Å². The Hall–Kier alpha value is -4.57. The molecule has 1 saturated heterocycles. The molecule has 0 aliphatic carbocycles. The largest absolute Gasteiger partial charge is 0.398 e. The van der Waals surface area contributed by atoms with Gasteiger partial charge in [0.25, 0.3) is 0 Å². The number of nitrogens with zero attached hydrogens (tertiary/aromatic N) is 6. The van der Waals surface area contributed by atoms with Crippen LogP contribution in [0.4, 0.5) is 15.9 Å². The summed E-state index contributed by atoms with van der Waals surface area (Å²) in [4.78, 5) is 24.0. The van der Waals surface area contributed by atoms with Crippen molar-refractivity contribution in [2.24, 2.45) is 0 Å². The Kier molecular flexibility index (Phi) is 7.00. The van der Waals surface area contributed by atoms with Crippen LogP contribution in [0, 0.1) is 11.2 Å². The minimum atomic E-state index is -0.288. The Morgan fingerprint density at radius 3 is 2.56 bits per heavy atom. The molecule has 0 atom stereocenters. The number of halogens is 1. The first-order chi connectivity index (χ1) is 19.8. The van der Waals surface area contributed by atoms with Crippen molar-refractivity contribution in [1.82, 2.24) is 29.7 Å². The highest BCUT2D eigenvalue weighted by atomic mass is 19.1. The van der Waals surface area contributed by atoms with Crippen LogP contribution >= 0.6 is 0 Å². The van der Waals surface area contributed by atoms with Crippen LogP contribution in [-0.2, 0) is 19.5 Å². The number of hydrogen-bond donors (Lipinski definition) is 3. The Morgan fingerprint density at radius 1 is 1.07 bits per heavy atom. The maximum atomic E-state index is 14.0. The van der Waals surface area contributed by atoms with E-state index in [1.165, 1.54) is 12.1 Å². The van der Waals surface area contributed by atoms with Crippen LogP contribution in [0.25, 0.3) is 16.8 Å². The van der Waals surface area contributed by atoms with E-state index in [1.54, 1.807) is 18.3 Å². The number of anilines is 2. The third-order valence-electron chi connectivity index (χ3n) is 8.02. The number of likely N-dealkylation sites (N-methyl/N-ethyl adjacent to an activating group) is 1. The van der Waals surface area contributed by atoms with Crippen LogP contribution in [-0.4, -0.2) is 68.7 Å². The number of aromatic nitrogens is 4. The topological polar surface area (TPSA) is 114 Å².